The zero-order chi connectivity index (χ0) is 14.8. The maximum atomic E-state index is 12.2. The number of rotatable bonds is 4. The molecule has 1 aliphatic carbocycles. The second-order valence-corrected chi connectivity index (χ2v) is 7.22. The molecule has 0 atom stereocenters. The first-order valence-corrected chi connectivity index (χ1v) is 8.53. The highest BCUT2D eigenvalue weighted by Crippen LogP contribution is 2.39. The number of benzene rings is 1. The molecule has 0 aliphatic heterocycles. The number of nitrogens with two attached hydrogens (primary N) is 1. The molecule has 1 fully saturated rings. The van der Waals surface area contributed by atoms with Crippen molar-refractivity contribution in [3.05, 3.63) is 27.7 Å². The zero-order valence-electron chi connectivity index (χ0n) is 11.3. The Bertz CT molecular complexity index is 493. The van der Waals surface area contributed by atoms with Crippen LogP contribution in [0.3, 0.4) is 0 Å². The van der Waals surface area contributed by atoms with Gasteiger partial charge in [-0.25, -0.2) is 0 Å². The van der Waals surface area contributed by atoms with E-state index in [2.05, 4.69) is 11.6 Å². The van der Waals surface area contributed by atoms with Gasteiger partial charge in [-0.15, -0.1) is 0 Å². The Morgan fingerprint density at radius 1 is 1.35 bits per heavy atom. The Kier molecular flexibility index (Phi) is 5.10. The minimum absolute atomic E-state index is 0.158. The molecule has 0 heterocycles. The molecule has 0 unspecified atom stereocenters. The predicted molar refractivity (Wildman–Crippen MR) is 87.9 cm³/mol. The summed E-state index contributed by atoms with van der Waals surface area (Å²) < 4.78 is 0.178. The third-order valence-corrected chi connectivity index (χ3v) is 5.90. The molecule has 2 rings (SSSR count). The summed E-state index contributed by atoms with van der Waals surface area (Å²) in [5.74, 6) is -0.158. The quantitative estimate of drug-likeness (QED) is 0.820. The van der Waals surface area contributed by atoms with Gasteiger partial charge in [0.2, 0.25) is 0 Å². The molecule has 1 amide bonds. The summed E-state index contributed by atoms with van der Waals surface area (Å²) in [4.78, 5) is 12.2. The SMILES string of the molecule is CSC1(CNC(=O)c2cc(Cl)c(N)c(Cl)c2)CCCC1. The van der Waals surface area contributed by atoms with Gasteiger partial charge < -0.3 is 11.1 Å². The van der Waals surface area contributed by atoms with Crippen LogP contribution in [0.15, 0.2) is 12.1 Å². The normalized spacial score (nSPS) is 17.1. The van der Waals surface area contributed by atoms with E-state index >= 15 is 0 Å². The molecule has 0 saturated heterocycles. The second-order valence-electron chi connectivity index (χ2n) is 5.13. The van der Waals surface area contributed by atoms with Crippen molar-refractivity contribution in [2.75, 3.05) is 18.5 Å². The van der Waals surface area contributed by atoms with Crippen LogP contribution in [-0.4, -0.2) is 23.5 Å². The van der Waals surface area contributed by atoms with Crippen LogP contribution in [0.25, 0.3) is 0 Å². The molecular weight excluding hydrogens is 315 g/mol. The van der Waals surface area contributed by atoms with Gasteiger partial charge in [0.1, 0.15) is 0 Å². The molecule has 110 valence electrons. The van der Waals surface area contributed by atoms with Gasteiger partial charge in [-0.1, -0.05) is 36.0 Å². The second kappa shape index (κ2) is 6.46. The molecule has 20 heavy (non-hydrogen) atoms. The number of thioether (sulfide) groups is 1. The van der Waals surface area contributed by atoms with Crippen molar-refractivity contribution in [2.45, 2.75) is 30.4 Å². The highest BCUT2D eigenvalue weighted by Gasteiger charge is 2.33. The number of anilines is 1. The largest absolute Gasteiger partial charge is 0.396 e. The average molecular weight is 333 g/mol. The van der Waals surface area contributed by atoms with Gasteiger partial charge in [-0.05, 0) is 31.2 Å². The van der Waals surface area contributed by atoms with Crippen molar-refractivity contribution in [2.24, 2.45) is 0 Å². The third kappa shape index (κ3) is 3.35. The molecule has 0 spiro atoms. The molecule has 1 saturated carbocycles. The maximum Gasteiger partial charge on any atom is 0.251 e. The van der Waals surface area contributed by atoms with Gasteiger partial charge in [-0.3, -0.25) is 4.79 Å². The van der Waals surface area contributed by atoms with Crippen LogP contribution in [0.2, 0.25) is 10.0 Å². The number of amides is 1. The first kappa shape index (κ1) is 15.8. The van der Waals surface area contributed by atoms with E-state index in [4.69, 9.17) is 28.9 Å². The summed E-state index contributed by atoms with van der Waals surface area (Å²) in [5, 5.41) is 3.61. The number of halogens is 2. The minimum atomic E-state index is -0.158. The molecule has 0 radical (unpaired) electrons. The van der Waals surface area contributed by atoms with Crippen LogP contribution in [0.4, 0.5) is 5.69 Å². The number of carbonyl (C=O) groups is 1. The van der Waals surface area contributed by atoms with E-state index < -0.39 is 0 Å². The molecule has 0 bridgehead atoms. The first-order chi connectivity index (χ1) is 9.47. The number of hydrogen-bond donors (Lipinski definition) is 2. The molecule has 3 N–H and O–H groups in total. The van der Waals surface area contributed by atoms with E-state index in [1.54, 1.807) is 12.1 Å². The maximum absolute atomic E-state index is 12.2. The highest BCUT2D eigenvalue weighted by molar-refractivity contribution is 8.00. The Morgan fingerprint density at radius 3 is 2.40 bits per heavy atom. The van der Waals surface area contributed by atoms with Crippen LogP contribution in [0.5, 0.6) is 0 Å². The minimum Gasteiger partial charge on any atom is -0.396 e. The fourth-order valence-corrected chi connectivity index (χ4v) is 3.93. The molecule has 3 nitrogen and oxygen atoms in total. The zero-order valence-corrected chi connectivity index (χ0v) is 13.7. The Labute approximate surface area is 133 Å². The molecule has 1 aromatic carbocycles. The van der Waals surface area contributed by atoms with E-state index in [-0.39, 0.29) is 10.7 Å². The summed E-state index contributed by atoms with van der Waals surface area (Å²) in [7, 11) is 0. The smallest absolute Gasteiger partial charge is 0.251 e. The van der Waals surface area contributed by atoms with Crippen molar-refractivity contribution in [1.29, 1.82) is 0 Å². The van der Waals surface area contributed by atoms with Gasteiger partial charge in [-0.2, -0.15) is 11.8 Å². The lowest BCUT2D eigenvalue weighted by molar-refractivity contribution is 0.0949. The van der Waals surface area contributed by atoms with Crippen molar-refractivity contribution >= 4 is 46.6 Å². The fourth-order valence-electron chi connectivity index (χ4n) is 2.53. The van der Waals surface area contributed by atoms with Crippen LogP contribution >= 0.6 is 35.0 Å². The first-order valence-electron chi connectivity index (χ1n) is 6.55. The molecule has 6 heteroatoms. The summed E-state index contributed by atoms with van der Waals surface area (Å²) in [6.07, 6.45) is 6.87. The van der Waals surface area contributed by atoms with Gasteiger partial charge in [0.05, 0.1) is 15.7 Å². The Hall–Kier alpha value is -0.580. The Balaban J connectivity index is 2.05. The van der Waals surface area contributed by atoms with E-state index in [9.17, 15) is 4.79 Å². The lowest BCUT2D eigenvalue weighted by atomic mass is 10.1. The summed E-state index contributed by atoms with van der Waals surface area (Å²) in [6, 6.07) is 3.11. The van der Waals surface area contributed by atoms with Crippen LogP contribution in [-0.2, 0) is 0 Å². The summed E-state index contributed by atoms with van der Waals surface area (Å²) >= 11 is 13.7. The monoisotopic (exact) mass is 332 g/mol. The number of nitrogen functional groups attached to an aromatic ring is 1. The van der Waals surface area contributed by atoms with E-state index in [1.165, 1.54) is 12.8 Å². The summed E-state index contributed by atoms with van der Waals surface area (Å²) in [6.45, 7) is 0.673. The van der Waals surface area contributed by atoms with Crippen LogP contribution < -0.4 is 11.1 Å². The van der Waals surface area contributed by atoms with Gasteiger partial charge in [0.25, 0.3) is 5.91 Å². The number of hydrogen-bond acceptors (Lipinski definition) is 3. The van der Waals surface area contributed by atoms with Crippen molar-refractivity contribution in [1.82, 2.24) is 5.32 Å². The van der Waals surface area contributed by atoms with Crippen molar-refractivity contribution < 1.29 is 4.79 Å². The molecule has 0 aromatic heterocycles. The average Bonchev–Trinajstić information content (AvgIpc) is 2.91. The van der Waals surface area contributed by atoms with Crippen LogP contribution in [0.1, 0.15) is 36.0 Å². The van der Waals surface area contributed by atoms with Crippen molar-refractivity contribution in [3.8, 4) is 0 Å². The predicted octanol–water partition coefficient (Wildman–Crippen LogP) is 3.98. The fraction of sp³-hybridized carbons (Fsp3) is 0.500. The topological polar surface area (TPSA) is 55.1 Å². The van der Waals surface area contributed by atoms with E-state index in [0.717, 1.165) is 12.8 Å². The van der Waals surface area contributed by atoms with E-state index in [0.29, 0.717) is 27.8 Å². The van der Waals surface area contributed by atoms with E-state index in [1.807, 2.05) is 11.8 Å². The summed E-state index contributed by atoms with van der Waals surface area (Å²) in [5.41, 5.74) is 6.42. The molecule has 1 aliphatic rings. The number of nitrogens with one attached hydrogen (secondary N) is 1. The highest BCUT2D eigenvalue weighted by atomic mass is 35.5. The van der Waals surface area contributed by atoms with Gasteiger partial charge in [0, 0.05) is 16.9 Å². The third-order valence-electron chi connectivity index (χ3n) is 3.86. The Morgan fingerprint density at radius 2 is 1.90 bits per heavy atom. The lowest BCUT2D eigenvalue weighted by Gasteiger charge is -2.27. The number of carbonyl (C=O) groups excluding carboxylic acids is 1. The van der Waals surface area contributed by atoms with Gasteiger partial charge >= 0.3 is 0 Å². The van der Waals surface area contributed by atoms with Crippen molar-refractivity contribution in [3.63, 3.8) is 0 Å². The van der Waals surface area contributed by atoms with Crippen LogP contribution in [0, 0.1) is 0 Å². The molecule has 1 aromatic rings. The lowest BCUT2D eigenvalue weighted by Crippen LogP contribution is -2.38. The molecular formula is C14H18Cl2N2OS. The van der Waals surface area contributed by atoms with Gasteiger partial charge in [0.15, 0.2) is 0 Å². The standard InChI is InChI=1S/C14H18Cl2N2OS/c1-20-14(4-2-3-5-14)8-18-13(19)9-6-10(15)12(17)11(16)7-9/h6-7H,2-5,8,17H2,1H3,(H,18,19).